The van der Waals surface area contributed by atoms with Gasteiger partial charge in [0.2, 0.25) is 0 Å². The molecule has 1 saturated carbocycles. The molecule has 0 atom stereocenters. The molecule has 0 bridgehead atoms. The Morgan fingerprint density at radius 1 is 1.38 bits per heavy atom. The minimum atomic E-state index is 0.303. The van der Waals surface area contributed by atoms with E-state index in [1.165, 1.54) is 24.2 Å². The molecule has 0 aliphatic heterocycles. The number of hydrogen-bond donors (Lipinski definition) is 0. The predicted molar refractivity (Wildman–Crippen MR) is 69.2 cm³/mol. The van der Waals surface area contributed by atoms with E-state index in [9.17, 15) is 4.79 Å². The summed E-state index contributed by atoms with van der Waals surface area (Å²) >= 11 is 7.38. The number of carbonyl (C=O) groups excluding carboxylic acids is 1. The van der Waals surface area contributed by atoms with Crippen molar-refractivity contribution in [1.82, 2.24) is 0 Å². The second kappa shape index (κ2) is 5.33. The first-order valence-electron chi connectivity index (χ1n) is 5.92. The van der Waals surface area contributed by atoms with Crippen molar-refractivity contribution in [2.75, 3.05) is 0 Å². The molecule has 1 aromatic rings. The van der Waals surface area contributed by atoms with Crippen LogP contribution in [0.4, 0.5) is 0 Å². The number of Topliss-reactive ketones (excluding diaryl/α,β-unsaturated/α-hetero) is 1. The van der Waals surface area contributed by atoms with E-state index in [0.717, 1.165) is 28.0 Å². The second-order valence-corrected chi connectivity index (χ2v) is 6.61. The maximum absolute atomic E-state index is 12.0. The van der Waals surface area contributed by atoms with Crippen molar-refractivity contribution >= 4 is 28.7 Å². The van der Waals surface area contributed by atoms with Crippen LogP contribution >= 0.6 is 22.9 Å². The molecular weight excluding hydrogens is 240 g/mol. The first-order chi connectivity index (χ1) is 7.65. The lowest BCUT2D eigenvalue weighted by Crippen LogP contribution is -2.22. The minimum Gasteiger partial charge on any atom is -0.299 e. The van der Waals surface area contributed by atoms with Crippen LogP contribution in [0.15, 0.2) is 12.1 Å². The Labute approximate surface area is 106 Å². The smallest absolute Gasteiger partial charge is 0.141 e. The molecule has 3 heteroatoms. The average molecular weight is 257 g/mol. The van der Waals surface area contributed by atoms with Gasteiger partial charge in [-0.3, -0.25) is 4.79 Å². The summed E-state index contributed by atoms with van der Waals surface area (Å²) in [5, 5.41) is 0. The van der Waals surface area contributed by atoms with Gasteiger partial charge in [-0.2, -0.15) is 0 Å². The molecule has 0 spiro atoms. The number of rotatable bonds is 3. The van der Waals surface area contributed by atoms with E-state index >= 15 is 0 Å². The molecule has 1 fully saturated rings. The third-order valence-electron chi connectivity index (χ3n) is 3.45. The van der Waals surface area contributed by atoms with Gasteiger partial charge in [0.15, 0.2) is 0 Å². The highest BCUT2D eigenvalue weighted by atomic mass is 35.5. The van der Waals surface area contributed by atoms with Gasteiger partial charge in [0.25, 0.3) is 0 Å². The van der Waals surface area contributed by atoms with E-state index in [0.29, 0.717) is 18.1 Å². The Morgan fingerprint density at radius 2 is 2.06 bits per heavy atom. The number of carbonyl (C=O) groups is 1. The molecule has 1 aliphatic carbocycles. The standard InChI is InChI=1S/C13H17ClOS/c1-9-2-4-10(5-3-9)12(15)8-11-6-7-13(14)16-11/h6-7,9-10H,2-5,8H2,1H3. The highest BCUT2D eigenvalue weighted by Gasteiger charge is 2.24. The van der Waals surface area contributed by atoms with Crippen LogP contribution in [0.25, 0.3) is 0 Å². The molecular formula is C13H17ClOS. The van der Waals surface area contributed by atoms with Gasteiger partial charge in [-0.25, -0.2) is 0 Å². The minimum absolute atomic E-state index is 0.303. The zero-order chi connectivity index (χ0) is 11.5. The van der Waals surface area contributed by atoms with Gasteiger partial charge >= 0.3 is 0 Å². The SMILES string of the molecule is CC1CCC(C(=O)Cc2ccc(Cl)s2)CC1. The Kier molecular flexibility index (Phi) is 4.04. The maximum atomic E-state index is 12.0. The zero-order valence-electron chi connectivity index (χ0n) is 9.54. The lowest BCUT2D eigenvalue weighted by Gasteiger charge is -2.24. The van der Waals surface area contributed by atoms with Gasteiger partial charge in [-0.05, 0) is 30.9 Å². The summed E-state index contributed by atoms with van der Waals surface area (Å²) in [6.45, 7) is 2.28. The van der Waals surface area contributed by atoms with Crippen molar-refractivity contribution in [2.24, 2.45) is 11.8 Å². The lowest BCUT2D eigenvalue weighted by atomic mass is 9.80. The second-order valence-electron chi connectivity index (χ2n) is 4.81. The average Bonchev–Trinajstić information content (AvgIpc) is 2.65. The fourth-order valence-electron chi connectivity index (χ4n) is 2.34. The van der Waals surface area contributed by atoms with Crippen molar-refractivity contribution in [1.29, 1.82) is 0 Å². The molecule has 1 nitrogen and oxygen atoms in total. The van der Waals surface area contributed by atoms with Crippen LogP contribution in [0.5, 0.6) is 0 Å². The highest BCUT2D eigenvalue weighted by molar-refractivity contribution is 7.16. The van der Waals surface area contributed by atoms with Gasteiger partial charge in [-0.15, -0.1) is 11.3 Å². The Hall–Kier alpha value is -0.340. The number of halogens is 1. The van der Waals surface area contributed by atoms with Crippen LogP contribution in [0.3, 0.4) is 0 Å². The van der Waals surface area contributed by atoms with E-state index in [-0.39, 0.29) is 0 Å². The Morgan fingerprint density at radius 3 is 2.62 bits per heavy atom. The normalized spacial score (nSPS) is 25.6. The molecule has 16 heavy (non-hydrogen) atoms. The molecule has 0 saturated heterocycles. The first-order valence-corrected chi connectivity index (χ1v) is 7.11. The fraction of sp³-hybridized carbons (Fsp3) is 0.615. The van der Waals surface area contributed by atoms with Gasteiger partial charge in [-0.1, -0.05) is 31.4 Å². The van der Waals surface area contributed by atoms with Crippen molar-refractivity contribution in [3.8, 4) is 0 Å². The summed E-state index contributed by atoms with van der Waals surface area (Å²) in [4.78, 5) is 13.2. The Bertz CT molecular complexity index is 364. The quantitative estimate of drug-likeness (QED) is 0.786. The first kappa shape index (κ1) is 12.1. The van der Waals surface area contributed by atoms with Crippen LogP contribution in [-0.2, 0) is 11.2 Å². The molecule has 1 aromatic heterocycles. The van der Waals surface area contributed by atoms with Gasteiger partial charge in [0.1, 0.15) is 5.78 Å². The molecule has 88 valence electrons. The van der Waals surface area contributed by atoms with Gasteiger partial charge in [0, 0.05) is 17.2 Å². The van der Waals surface area contributed by atoms with Gasteiger partial charge < -0.3 is 0 Å². The molecule has 0 amide bonds. The summed E-state index contributed by atoms with van der Waals surface area (Å²) < 4.78 is 0.778. The number of thiophene rings is 1. The third-order valence-corrected chi connectivity index (χ3v) is 4.68. The maximum Gasteiger partial charge on any atom is 0.141 e. The van der Waals surface area contributed by atoms with E-state index in [1.54, 1.807) is 0 Å². The molecule has 1 aliphatic rings. The molecule has 0 unspecified atom stereocenters. The van der Waals surface area contributed by atoms with E-state index < -0.39 is 0 Å². The van der Waals surface area contributed by atoms with Crippen LogP contribution in [0, 0.1) is 11.8 Å². The van der Waals surface area contributed by atoms with Crippen molar-refractivity contribution in [3.63, 3.8) is 0 Å². The highest BCUT2D eigenvalue weighted by Crippen LogP contribution is 2.30. The summed E-state index contributed by atoms with van der Waals surface area (Å²) in [6, 6.07) is 3.84. The molecule has 2 rings (SSSR count). The lowest BCUT2D eigenvalue weighted by molar-refractivity contribution is -0.123. The van der Waals surface area contributed by atoms with Crippen LogP contribution in [0.1, 0.15) is 37.5 Å². The molecule has 0 N–H and O–H groups in total. The molecule has 0 aromatic carbocycles. The van der Waals surface area contributed by atoms with Gasteiger partial charge in [0.05, 0.1) is 4.34 Å². The van der Waals surface area contributed by atoms with Crippen molar-refractivity contribution in [3.05, 3.63) is 21.3 Å². The molecule has 1 heterocycles. The largest absolute Gasteiger partial charge is 0.299 e. The zero-order valence-corrected chi connectivity index (χ0v) is 11.1. The number of hydrogen-bond acceptors (Lipinski definition) is 2. The monoisotopic (exact) mass is 256 g/mol. The van der Waals surface area contributed by atoms with Crippen molar-refractivity contribution in [2.45, 2.75) is 39.0 Å². The summed E-state index contributed by atoms with van der Waals surface area (Å²) in [5.74, 6) is 1.52. The van der Waals surface area contributed by atoms with Crippen LogP contribution < -0.4 is 0 Å². The molecule has 0 radical (unpaired) electrons. The van der Waals surface area contributed by atoms with Crippen LogP contribution in [-0.4, -0.2) is 5.78 Å². The number of ketones is 1. The van der Waals surface area contributed by atoms with E-state index in [4.69, 9.17) is 11.6 Å². The van der Waals surface area contributed by atoms with E-state index in [1.807, 2.05) is 12.1 Å². The summed E-state index contributed by atoms with van der Waals surface area (Å²) in [7, 11) is 0. The summed E-state index contributed by atoms with van der Waals surface area (Å²) in [5.41, 5.74) is 0. The van der Waals surface area contributed by atoms with Crippen molar-refractivity contribution < 1.29 is 4.79 Å². The Balaban J connectivity index is 1.88. The fourth-order valence-corrected chi connectivity index (χ4v) is 3.44. The summed E-state index contributed by atoms with van der Waals surface area (Å²) in [6.07, 6.45) is 5.16. The van der Waals surface area contributed by atoms with Crippen LogP contribution in [0.2, 0.25) is 4.34 Å². The van der Waals surface area contributed by atoms with E-state index in [2.05, 4.69) is 6.92 Å². The topological polar surface area (TPSA) is 17.1 Å². The third kappa shape index (κ3) is 3.08. The predicted octanol–water partition coefficient (Wildman–Crippen LogP) is 4.34.